The number of alkyl halides is 3. The maximum absolute atomic E-state index is 12.5. The van der Waals surface area contributed by atoms with Crippen LogP contribution in [0.25, 0.3) is 5.65 Å². The zero-order valence-corrected chi connectivity index (χ0v) is 7.49. The van der Waals surface area contributed by atoms with Gasteiger partial charge in [-0.2, -0.15) is 18.3 Å². The Balaban J connectivity index is 2.70. The molecule has 0 saturated carbocycles. The first kappa shape index (κ1) is 9.91. The number of hydrogen-bond acceptors (Lipinski definition) is 3. The normalized spacial score (nSPS) is 12.3. The fourth-order valence-corrected chi connectivity index (χ4v) is 1.26. The first-order chi connectivity index (χ1) is 7.02. The van der Waals surface area contributed by atoms with Gasteiger partial charge in [-0.3, -0.25) is 0 Å². The van der Waals surface area contributed by atoms with Crippen molar-refractivity contribution in [3.63, 3.8) is 0 Å². The zero-order valence-electron chi connectivity index (χ0n) is 7.49. The molecule has 2 N–H and O–H groups in total. The molecule has 0 aliphatic rings. The molecule has 2 rings (SSSR count). The second-order valence-electron chi connectivity index (χ2n) is 2.94. The third-order valence-electron chi connectivity index (χ3n) is 1.91. The molecule has 0 bridgehead atoms. The van der Waals surface area contributed by atoms with E-state index in [-0.39, 0.29) is 12.2 Å². The summed E-state index contributed by atoms with van der Waals surface area (Å²) in [6.45, 7) is 0.0840. The minimum Gasteiger partial charge on any atom is -0.325 e. The minimum absolute atomic E-state index is 0.0840. The molecule has 2 aromatic heterocycles. The topological polar surface area (TPSA) is 56.2 Å². The van der Waals surface area contributed by atoms with Crippen LogP contribution in [0.3, 0.4) is 0 Å². The van der Waals surface area contributed by atoms with Gasteiger partial charge >= 0.3 is 6.18 Å². The molecule has 2 aromatic rings. The van der Waals surface area contributed by atoms with Gasteiger partial charge < -0.3 is 5.73 Å². The standard InChI is InChI=1S/C8H7F3N4/c9-8(10,11)6-1-2-13-7-3-5(4-12)14-15(6)7/h1-3H,4,12H2. The largest absolute Gasteiger partial charge is 0.433 e. The Morgan fingerprint density at radius 3 is 2.73 bits per heavy atom. The molecule has 0 aliphatic heterocycles. The van der Waals surface area contributed by atoms with Crippen molar-refractivity contribution < 1.29 is 13.2 Å². The monoisotopic (exact) mass is 216 g/mol. The highest BCUT2D eigenvalue weighted by atomic mass is 19.4. The lowest BCUT2D eigenvalue weighted by Gasteiger charge is -2.07. The molecule has 15 heavy (non-hydrogen) atoms. The number of fused-ring (bicyclic) bond motifs is 1. The van der Waals surface area contributed by atoms with Crippen LogP contribution < -0.4 is 5.73 Å². The Morgan fingerprint density at radius 2 is 2.13 bits per heavy atom. The molecule has 0 spiro atoms. The molecule has 0 unspecified atom stereocenters. The van der Waals surface area contributed by atoms with Crippen molar-refractivity contribution in [1.82, 2.24) is 14.6 Å². The average molecular weight is 216 g/mol. The van der Waals surface area contributed by atoms with Crippen molar-refractivity contribution in [2.45, 2.75) is 12.7 Å². The summed E-state index contributed by atoms with van der Waals surface area (Å²) >= 11 is 0. The molecule has 7 heteroatoms. The molecule has 2 heterocycles. The Hall–Kier alpha value is -1.63. The van der Waals surface area contributed by atoms with E-state index in [0.717, 1.165) is 16.8 Å². The van der Waals surface area contributed by atoms with Gasteiger partial charge in [-0.25, -0.2) is 9.50 Å². The molecule has 4 nitrogen and oxygen atoms in total. The van der Waals surface area contributed by atoms with E-state index in [1.165, 1.54) is 6.07 Å². The van der Waals surface area contributed by atoms with E-state index in [1.807, 2.05) is 0 Å². The van der Waals surface area contributed by atoms with Gasteiger partial charge in [0.2, 0.25) is 0 Å². The Morgan fingerprint density at radius 1 is 1.40 bits per heavy atom. The summed E-state index contributed by atoms with van der Waals surface area (Å²) in [7, 11) is 0. The van der Waals surface area contributed by atoms with Gasteiger partial charge in [-0.05, 0) is 6.07 Å². The molecular formula is C8H7F3N4. The van der Waals surface area contributed by atoms with Crippen LogP contribution in [-0.4, -0.2) is 14.6 Å². The second kappa shape index (κ2) is 3.20. The summed E-state index contributed by atoms with van der Waals surface area (Å²) in [5.41, 5.74) is 4.95. The van der Waals surface area contributed by atoms with Gasteiger partial charge in [-0.15, -0.1) is 0 Å². The fourth-order valence-electron chi connectivity index (χ4n) is 1.26. The fraction of sp³-hybridized carbons (Fsp3) is 0.250. The molecule has 0 fully saturated rings. The van der Waals surface area contributed by atoms with Crippen molar-refractivity contribution in [3.05, 3.63) is 29.7 Å². The summed E-state index contributed by atoms with van der Waals surface area (Å²) in [6, 6.07) is 2.30. The lowest BCUT2D eigenvalue weighted by atomic mass is 10.4. The smallest absolute Gasteiger partial charge is 0.325 e. The molecule has 0 amide bonds. The van der Waals surface area contributed by atoms with Gasteiger partial charge in [0, 0.05) is 18.8 Å². The lowest BCUT2D eigenvalue weighted by molar-refractivity contribution is -0.142. The third kappa shape index (κ3) is 1.65. The lowest BCUT2D eigenvalue weighted by Crippen LogP contribution is -2.13. The summed E-state index contributed by atoms with van der Waals surface area (Å²) in [5.74, 6) is 0. The summed E-state index contributed by atoms with van der Waals surface area (Å²) in [5, 5.41) is 3.71. The quantitative estimate of drug-likeness (QED) is 0.779. The molecule has 80 valence electrons. The van der Waals surface area contributed by atoms with Crippen LogP contribution in [0, 0.1) is 0 Å². The number of nitrogens with zero attached hydrogens (tertiary/aromatic N) is 3. The predicted octanol–water partition coefficient (Wildman–Crippen LogP) is 1.21. The Bertz CT molecular complexity index is 488. The zero-order chi connectivity index (χ0) is 11.1. The van der Waals surface area contributed by atoms with Gasteiger partial charge in [-0.1, -0.05) is 0 Å². The molecule has 0 atom stereocenters. The van der Waals surface area contributed by atoms with Gasteiger partial charge in [0.1, 0.15) is 5.69 Å². The van der Waals surface area contributed by atoms with Crippen molar-refractivity contribution in [1.29, 1.82) is 0 Å². The number of nitrogens with two attached hydrogens (primary N) is 1. The van der Waals surface area contributed by atoms with E-state index in [4.69, 9.17) is 5.73 Å². The first-order valence-electron chi connectivity index (χ1n) is 4.13. The first-order valence-corrected chi connectivity index (χ1v) is 4.13. The summed E-state index contributed by atoms with van der Waals surface area (Å²) in [4.78, 5) is 3.77. The van der Waals surface area contributed by atoms with Gasteiger partial charge in [0.15, 0.2) is 5.65 Å². The van der Waals surface area contributed by atoms with Crippen LogP contribution in [0.1, 0.15) is 11.4 Å². The van der Waals surface area contributed by atoms with E-state index in [9.17, 15) is 13.2 Å². The number of rotatable bonds is 1. The minimum atomic E-state index is -4.45. The molecule has 0 saturated heterocycles. The van der Waals surface area contributed by atoms with Gasteiger partial charge in [0.25, 0.3) is 0 Å². The number of halogens is 3. The Labute approximate surface area is 82.5 Å². The van der Waals surface area contributed by atoms with Gasteiger partial charge in [0.05, 0.1) is 5.69 Å². The van der Waals surface area contributed by atoms with E-state index in [1.54, 1.807) is 0 Å². The highest BCUT2D eigenvalue weighted by Crippen LogP contribution is 2.28. The maximum atomic E-state index is 12.5. The van der Waals surface area contributed by atoms with Crippen LogP contribution in [-0.2, 0) is 12.7 Å². The van der Waals surface area contributed by atoms with E-state index >= 15 is 0 Å². The van der Waals surface area contributed by atoms with Crippen molar-refractivity contribution >= 4 is 5.65 Å². The summed E-state index contributed by atoms with van der Waals surface area (Å²) < 4.78 is 38.3. The van der Waals surface area contributed by atoms with Crippen LogP contribution >= 0.6 is 0 Å². The average Bonchev–Trinajstić information content (AvgIpc) is 2.57. The van der Waals surface area contributed by atoms with Crippen LogP contribution in [0.5, 0.6) is 0 Å². The highest BCUT2D eigenvalue weighted by molar-refractivity contribution is 5.40. The van der Waals surface area contributed by atoms with Crippen LogP contribution in [0.2, 0.25) is 0 Å². The van der Waals surface area contributed by atoms with E-state index in [0.29, 0.717) is 5.69 Å². The van der Waals surface area contributed by atoms with Crippen molar-refractivity contribution in [2.24, 2.45) is 5.73 Å². The van der Waals surface area contributed by atoms with Crippen molar-refractivity contribution in [3.8, 4) is 0 Å². The predicted molar refractivity (Wildman–Crippen MR) is 45.9 cm³/mol. The van der Waals surface area contributed by atoms with Crippen molar-refractivity contribution in [2.75, 3.05) is 0 Å². The Kier molecular flexibility index (Phi) is 2.11. The van der Waals surface area contributed by atoms with Crippen LogP contribution in [0.15, 0.2) is 18.3 Å². The third-order valence-corrected chi connectivity index (χ3v) is 1.91. The van der Waals surface area contributed by atoms with E-state index < -0.39 is 11.9 Å². The summed E-state index contributed by atoms with van der Waals surface area (Å²) in [6.07, 6.45) is -3.35. The number of aromatic nitrogens is 3. The molecular weight excluding hydrogens is 209 g/mol. The van der Waals surface area contributed by atoms with Crippen LogP contribution in [0.4, 0.5) is 13.2 Å². The molecule has 0 radical (unpaired) electrons. The van der Waals surface area contributed by atoms with E-state index in [2.05, 4.69) is 10.1 Å². The molecule has 0 aliphatic carbocycles. The second-order valence-corrected chi connectivity index (χ2v) is 2.94. The SMILES string of the molecule is NCc1cc2nccc(C(F)(F)F)n2n1. The maximum Gasteiger partial charge on any atom is 0.433 e. The molecule has 0 aromatic carbocycles. The number of hydrogen-bond donors (Lipinski definition) is 1. The highest BCUT2D eigenvalue weighted by Gasteiger charge is 2.34.